The van der Waals surface area contributed by atoms with Gasteiger partial charge in [0.1, 0.15) is 18.1 Å². The summed E-state index contributed by atoms with van der Waals surface area (Å²) in [5, 5.41) is 1.70. The monoisotopic (exact) mass is 458 g/mol. The van der Waals surface area contributed by atoms with Crippen molar-refractivity contribution in [1.82, 2.24) is 4.98 Å². The highest BCUT2D eigenvalue weighted by atomic mass is 32.2. The average molecular weight is 459 g/mol. The van der Waals surface area contributed by atoms with Crippen LogP contribution in [-0.4, -0.2) is 26.8 Å². The normalized spacial score (nSPS) is 13.0. The third-order valence-corrected chi connectivity index (χ3v) is 7.82. The molecule has 4 rings (SSSR count). The second-order valence-electron chi connectivity index (χ2n) is 7.31. The van der Waals surface area contributed by atoms with Crippen LogP contribution in [0.1, 0.15) is 39.2 Å². The average Bonchev–Trinajstić information content (AvgIpc) is 3.40. The summed E-state index contributed by atoms with van der Waals surface area (Å²) in [5.74, 6) is 0.918. The molecule has 1 aliphatic rings. The quantitative estimate of drug-likeness (QED) is 0.510. The molecule has 0 atom stereocenters. The number of nitrogens with one attached hydrogen (secondary N) is 1. The third-order valence-electron chi connectivity index (χ3n) is 5.09. The summed E-state index contributed by atoms with van der Waals surface area (Å²) in [6.45, 7) is 1.95. The van der Waals surface area contributed by atoms with Gasteiger partial charge in [0.15, 0.2) is 6.29 Å². The molecule has 0 bridgehead atoms. The molecule has 162 valence electrons. The van der Waals surface area contributed by atoms with Crippen LogP contribution in [0.5, 0.6) is 11.5 Å². The fourth-order valence-electron chi connectivity index (χ4n) is 3.55. The van der Waals surface area contributed by atoms with Crippen LogP contribution in [0.4, 0.5) is 5.69 Å². The molecule has 3 aromatic rings. The van der Waals surface area contributed by atoms with E-state index in [4.69, 9.17) is 9.47 Å². The van der Waals surface area contributed by atoms with Crippen LogP contribution in [0.15, 0.2) is 40.1 Å². The highest BCUT2D eigenvalue weighted by molar-refractivity contribution is 7.94. The lowest BCUT2D eigenvalue weighted by atomic mass is 10.1. The first kappa shape index (κ1) is 21.3. The van der Waals surface area contributed by atoms with Gasteiger partial charge in [-0.05, 0) is 67.1 Å². The number of carbonyl (C=O) groups is 1. The number of thiazole rings is 1. The lowest BCUT2D eigenvalue weighted by Gasteiger charge is -2.16. The summed E-state index contributed by atoms with van der Waals surface area (Å²) in [6.07, 6.45) is 3.61. The molecular formula is C22H22N2O5S2. The Morgan fingerprint density at radius 1 is 1.16 bits per heavy atom. The van der Waals surface area contributed by atoms with Gasteiger partial charge in [0.25, 0.3) is 10.0 Å². The summed E-state index contributed by atoms with van der Waals surface area (Å²) < 4.78 is 39.6. The minimum absolute atomic E-state index is 0.0191. The van der Waals surface area contributed by atoms with E-state index in [0.717, 1.165) is 53.6 Å². The van der Waals surface area contributed by atoms with E-state index < -0.39 is 10.0 Å². The molecule has 0 amide bonds. The first-order valence-electron chi connectivity index (χ1n) is 9.75. The summed E-state index contributed by atoms with van der Waals surface area (Å²) in [6, 6.07) is 8.94. The summed E-state index contributed by atoms with van der Waals surface area (Å²) in [5.41, 5.74) is 4.59. The zero-order valence-corrected chi connectivity index (χ0v) is 18.8. The Labute approximate surface area is 185 Å². The molecule has 1 aliphatic carbocycles. The largest absolute Gasteiger partial charge is 0.496 e. The standard InChI is InChI=1S/C22H22N2O5S2/c1-14-13-30-22(23-14)31(26,27)24-19-9-16-4-3-5-17(16)10-21(19)29-12-15-6-7-18(11-25)20(8-15)28-2/h6-11,13,24H,3-5,12H2,1-2H3. The van der Waals surface area contributed by atoms with Gasteiger partial charge < -0.3 is 9.47 Å². The van der Waals surface area contributed by atoms with Crippen LogP contribution in [0, 0.1) is 6.92 Å². The SMILES string of the molecule is COc1cc(COc2cc3c(cc2NS(=O)(=O)c2nc(C)cs2)CCC3)ccc1C=O. The molecule has 0 fully saturated rings. The maximum atomic E-state index is 12.8. The maximum absolute atomic E-state index is 12.8. The Hall–Kier alpha value is -2.91. The number of benzene rings is 2. The maximum Gasteiger partial charge on any atom is 0.289 e. The summed E-state index contributed by atoms with van der Waals surface area (Å²) >= 11 is 1.08. The third kappa shape index (κ3) is 4.57. The number of carbonyl (C=O) groups excluding carboxylic acids is 1. The van der Waals surface area contributed by atoms with E-state index in [1.165, 1.54) is 7.11 Å². The van der Waals surface area contributed by atoms with Crippen LogP contribution in [0.2, 0.25) is 0 Å². The molecule has 9 heteroatoms. The van der Waals surface area contributed by atoms with E-state index in [9.17, 15) is 13.2 Å². The smallest absolute Gasteiger partial charge is 0.289 e. The molecule has 0 aliphatic heterocycles. The highest BCUT2D eigenvalue weighted by Crippen LogP contribution is 2.35. The van der Waals surface area contributed by atoms with Gasteiger partial charge in [0, 0.05) is 11.1 Å². The number of hydrogen-bond donors (Lipinski definition) is 1. The van der Waals surface area contributed by atoms with Crippen molar-refractivity contribution in [3.05, 3.63) is 63.7 Å². The van der Waals surface area contributed by atoms with Crippen LogP contribution in [-0.2, 0) is 29.5 Å². The minimum atomic E-state index is -3.82. The fourth-order valence-corrected chi connectivity index (χ4v) is 5.65. The number of hydrogen-bond acceptors (Lipinski definition) is 7. The van der Waals surface area contributed by atoms with Crippen molar-refractivity contribution < 1.29 is 22.7 Å². The number of fused-ring (bicyclic) bond motifs is 1. The van der Waals surface area contributed by atoms with E-state index in [-0.39, 0.29) is 10.9 Å². The number of nitrogens with zero attached hydrogens (tertiary/aromatic N) is 1. The topological polar surface area (TPSA) is 94.6 Å². The molecule has 1 heterocycles. The van der Waals surface area contributed by atoms with Gasteiger partial charge in [0.05, 0.1) is 18.4 Å². The minimum Gasteiger partial charge on any atom is -0.496 e. The zero-order valence-electron chi connectivity index (χ0n) is 17.2. The van der Waals surface area contributed by atoms with Crippen LogP contribution < -0.4 is 14.2 Å². The predicted molar refractivity (Wildman–Crippen MR) is 119 cm³/mol. The van der Waals surface area contributed by atoms with Crippen molar-refractivity contribution in [2.24, 2.45) is 0 Å². The van der Waals surface area contributed by atoms with E-state index in [1.54, 1.807) is 30.5 Å². The molecule has 31 heavy (non-hydrogen) atoms. The molecule has 0 spiro atoms. The molecule has 7 nitrogen and oxygen atoms in total. The number of ether oxygens (including phenoxy) is 2. The molecule has 0 radical (unpaired) electrons. The van der Waals surface area contributed by atoms with Crippen LogP contribution >= 0.6 is 11.3 Å². The Bertz CT molecular complexity index is 1230. The Morgan fingerprint density at radius 2 is 1.94 bits per heavy atom. The van der Waals surface area contributed by atoms with Crippen LogP contribution in [0.25, 0.3) is 0 Å². The van der Waals surface area contributed by atoms with Gasteiger partial charge in [-0.15, -0.1) is 11.3 Å². The number of aldehydes is 1. The highest BCUT2D eigenvalue weighted by Gasteiger charge is 2.23. The zero-order chi connectivity index (χ0) is 22.0. The van der Waals surface area contributed by atoms with Crippen molar-refractivity contribution in [3.8, 4) is 11.5 Å². The first-order valence-corrected chi connectivity index (χ1v) is 12.1. The molecule has 0 unspecified atom stereocenters. The lowest BCUT2D eigenvalue weighted by molar-refractivity contribution is 0.112. The van der Waals surface area contributed by atoms with Crippen molar-refractivity contribution >= 4 is 33.3 Å². The lowest BCUT2D eigenvalue weighted by Crippen LogP contribution is -2.14. The number of sulfonamides is 1. The Kier molecular flexibility index (Phi) is 5.97. The number of methoxy groups -OCH3 is 1. The summed E-state index contributed by atoms with van der Waals surface area (Å²) in [7, 11) is -2.32. The van der Waals surface area contributed by atoms with Crippen molar-refractivity contribution in [3.63, 3.8) is 0 Å². The van der Waals surface area contributed by atoms with Gasteiger partial charge in [-0.1, -0.05) is 6.07 Å². The molecule has 1 aromatic heterocycles. The second-order valence-corrected chi connectivity index (χ2v) is 10.0. The van der Waals surface area contributed by atoms with Crippen molar-refractivity contribution in [1.29, 1.82) is 0 Å². The van der Waals surface area contributed by atoms with Crippen LogP contribution in [0.3, 0.4) is 0 Å². The number of aromatic nitrogens is 1. The summed E-state index contributed by atoms with van der Waals surface area (Å²) in [4.78, 5) is 15.2. The van der Waals surface area contributed by atoms with E-state index in [2.05, 4.69) is 9.71 Å². The van der Waals surface area contributed by atoms with Crippen molar-refractivity contribution in [2.75, 3.05) is 11.8 Å². The van der Waals surface area contributed by atoms with Gasteiger partial charge >= 0.3 is 0 Å². The predicted octanol–water partition coefficient (Wildman–Crippen LogP) is 4.14. The van der Waals surface area contributed by atoms with E-state index in [1.807, 2.05) is 12.1 Å². The second kappa shape index (κ2) is 8.68. The molecular weight excluding hydrogens is 436 g/mol. The first-order chi connectivity index (χ1) is 14.9. The number of rotatable bonds is 8. The van der Waals surface area contributed by atoms with E-state index >= 15 is 0 Å². The molecule has 2 aromatic carbocycles. The molecule has 0 saturated carbocycles. The van der Waals surface area contributed by atoms with Gasteiger partial charge in [-0.3, -0.25) is 9.52 Å². The van der Waals surface area contributed by atoms with Crippen molar-refractivity contribution in [2.45, 2.75) is 37.1 Å². The fraction of sp³-hybridized carbons (Fsp3) is 0.273. The number of anilines is 1. The Balaban J connectivity index is 1.62. The Morgan fingerprint density at radius 3 is 2.61 bits per heavy atom. The molecule has 1 N–H and O–H groups in total. The van der Waals surface area contributed by atoms with E-state index in [0.29, 0.717) is 28.4 Å². The van der Waals surface area contributed by atoms with Gasteiger partial charge in [-0.2, -0.15) is 8.42 Å². The van der Waals surface area contributed by atoms with Gasteiger partial charge in [-0.25, -0.2) is 4.98 Å². The molecule has 0 saturated heterocycles. The number of aryl methyl sites for hydroxylation is 3. The van der Waals surface area contributed by atoms with Gasteiger partial charge in [0.2, 0.25) is 4.34 Å².